The van der Waals surface area contributed by atoms with E-state index < -0.39 is 10.0 Å². The predicted octanol–water partition coefficient (Wildman–Crippen LogP) is 2.17. The number of hydrogen-bond acceptors (Lipinski definition) is 3. The molecule has 1 atom stereocenters. The van der Waals surface area contributed by atoms with Gasteiger partial charge in [-0.3, -0.25) is 0 Å². The van der Waals surface area contributed by atoms with E-state index in [9.17, 15) is 8.42 Å². The third-order valence-electron chi connectivity index (χ3n) is 3.33. The summed E-state index contributed by atoms with van der Waals surface area (Å²) in [5, 5.41) is 0. The van der Waals surface area contributed by atoms with Gasteiger partial charge in [0.05, 0.1) is 4.90 Å². The van der Waals surface area contributed by atoms with E-state index in [-0.39, 0.29) is 12.0 Å². The van der Waals surface area contributed by atoms with Crippen LogP contribution in [-0.4, -0.2) is 14.5 Å². The lowest BCUT2D eigenvalue weighted by Crippen LogP contribution is -2.38. The van der Waals surface area contributed by atoms with Crippen molar-refractivity contribution in [2.45, 2.75) is 51.6 Å². The Balaban J connectivity index is 3.13. The zero-order valence-corrected chi connectivity index (χ0v) is 12.9. The zero-order valence-electron chi connectivity index (χ0n) is 12.1. The van der Waals surface area contributed by atoms with E-state index in [1.807, 2.05) is 26.8 Å². The van der Waals surface area contributed by atoms with Crippen molar-refractivity contribution in [1.82, 2.24) is 4.72 Å². The van der Waals surface area contributed by atoms with Crippen LogP contribution in [0.1, 0.15) is 38.3 Å². The molecule has 5 heteroatoms. The summed E-state index contributed by atoms with van der Waals surface area (Å²) < 4.78 is 27.7. The Bertz CT molecular complexity index is 524. The average Bonchev–Trinajstić information content (AvgIpc) is 2.36. The first-order valence-corrected chi connectivity index (χ1v) is 8.12. The molecule has 19 heavy (non-hydrogen) atoms. The largest absolute Gasteiger partial charge is 0.326 e. The lowest BCUT2D eigenvalue weighted by molar-refractivity contribution is 0.437. The Morgan fingerprint density at radius 1 is 1.32 bits per heavy atom. The Morgan fingerprint density at radius 2 is 1.95 bits per heavy atom. The number of nitrogens with one attached hydrogen (secondary N) is 1. The van der Waals surface area contributed by atoms with Crippen molar-refractivity contribution in [3.8, 4) is 0 Å². The van der Waals surface area contributed by atoms with Crippen molar-refractivity contribution in [3.05, 3.63) is 29.3 Å². The molecule has 0 spiro atoms. The highest BCUT2D eigenvalue weighted by atomic mass is 32.2. The van der Waals surface area contributed by atoms with Crippen molar-refractivity contribution in [2.75, 3.05) is 0 Å². The van der Waals surface area contributed by atoms with Gasteiger partial charge >= 0.3 is 0 Å². The van der Waals surface area contributed by atoms with Gasteiger partial charge in [0.2, 0.25) is 10.0 Å². The van der Waals surface area contributed by atoms with E-state index in [1.165, 1.54) is 0 Å². The van der Waals surface area contributed by atoms with Crippen LogP contribution in [0.25, 0.3) is 0 Å². The van der Waals surface area contributed by atoms with Crippen LogP contribution in [0.2, 0.25) is 0 Å². The second-order valence-corrected chi connectivity index (χ2v) is 6.87. The normalized spacial score (nSPS) is 13.8. The molecule has 0 aliphatic rings. The van der Waals surface area contributed by atoms with Gasteiger partial charge < -0.3 is 5.73 Å². The summed E-state index contributed by atoms with van der Waals surface area (Å²) in [7, 11) is -3.49. The topological polar surface area (TPSA) is 72.2 Å². The van der Waals surface area contributed by atoms with Crippen LogP contribution in [0.15, 0.2) is 23.1 Å². The van der Waals surface area contributed by atoms with Gasteiger partial charge in [0.1, 0.15) is 0 Å². The van der Waals surface area contributed by atoms with Gasteiger partial charge in [0, 0.05) is 12.6 Å². The van der Waals surface area contributed by atoms with Crippen molar-refractivity contribution >= 4 is 10.0 Å². The number of rotatable bonds is 6. The minimum atomic E-state index is -3.49. The van der Waals surface area contributed by atoms with Crippen LogP contribution in [0.3, 0.4) is 0 Å². The van der Waals surface area contributed by atoms with Crippen LogP contribution < -0.4 is 10.5 Å². The first-order valence-electron chi connectivity index (χ1n) is 6.63. The highest BCUT2D eigenvalue weighted by molar-refractivity contribution is 7.89. The fourth-order valence-corrected chi connectivity index (χ4v) is 3.78. The number of hydrogen-bond donors (Lipinski definition) is 2. The second kappa shape index (κ2) is 6.50. The lowest BCUT2D eigenvalue weighted by atomic mass is 10.0. The van der Waals surface area contributed by atoms with E-state index in [4.69, 9.17) is 5.73 Å². The summed E-state index contributed by atoms with van der Waals surface area (Å²) in [5.74, 6) is 0.262. The Kier molecular flexibility index (Phi) is 5.52. The van der Waals surface area contributed by atoms with Gasteiger partial charge in [-0.15, -0.1) is 0 Å². The molecule has 1 rings (SSSR count). The molecule has 0 fully saturated rings. The first kappa shape index (κ1) is 16.1. The SMILES string of the molecule is CCC(NS(=O)(=O)c1cc(CN)ccc1C)C(C)C. The van der Waals surface area contributed by atoms with Crippen LogP contribution >= 0.6 is 0 Å². The van der Waals surface area contributed by atoms with E-state index >= 15 is 0 Å². The monoisotopic (exact) mass is 284 g/mol. The van der Waals surface area contributed by atoms with Crippen molar-refractivity contribution in [2.24, 2.45) is 11.7 Å². The molecule has 108 valence electrons. The number of nitrogens with two attached hydrogens (primary N) is 1. The molecular weight excluding hydrogens is 260 g/mol. The van der Waals surface area contributed by atoms with Gasteiger partial charge in [-0.05, 0) is 36.5 Å². The van der Waals surface area contributed by atoms with E-state index in [2.05, 4.69) is 4.72 Å². The Hall–Kier alpha value is -0.910. The Morgan fingerprint density at radius 3 is 2.42 bits per heavy atom. The molecular formula is C14H24N2O2S. The predicted molar refractivity (Wildman–Crippen MR) is 78.3 cm³/mol. The number of sulfonamides is 1. The highest BCUT2D eigenvalue weighted by Crippen LogP contribution is 2.19. The van der Waals surface area contributed by atoms with E-state index in [0.29, 0.717) is 11.4 Å². The molecule has 0 saturated carbocycles. The quantitative estimate of drug-likeness (QED) is 0.841. The van der Waals surface area contributed by atoms with Crippen LogP contribution in [0.5, 0.6) is 0 Å². The Labute approximate surface area is 116 Å². The maximum Gasteiger partial charge on any atom is 0.241 e. The summed E-state index contributed by atoms with van der Waals surface area (Å²) in [5.41, 5.74) is 7.13. The lowest BCUT2D eigenvalue weighted by Gasteiger charge is -2.21. The van der Waals surface area contributed by atoms with Gasteiger partial charge in [-0.25, -0.2) is 13.1 Å². The highest BCUT2D eigenvalue weighted by Gasteiger charge is 2.22. The molecule has 0 saturated heterocycles. The molecule has 4 nitrogen and oxygen atoms in total. The summed E-state index contributed by atoms with van der Waals surface area (Å²) >= 11 is 0. The molecule has 0 radical (unpaired) electrons. The molecule has 1 aromatic carbocycles. The third-order valence-corrected chi connectivity index (χ3v) is 4.96. The molecule has 0 heterocycles. The molecule has 1 unspecified atom stereocenters. The number of benzene rings is 1. The second-order valence-electron chi connectivity index (χ2n) is 5.18. The minimum Gasteiger partial charge on any atom is -0.326 e. The summed E-state index contributed by atoms with van der Waals surface area (Å²) in [6.07, 6.45) is 0.770. The van der Waals surface area contributed by atoms with Crippen LogP contribution in [0, 0.1) is 12.8 Å². The maximum absolute atomic E-state index is 12.4. The molecule has 3 N–H and O–H groups in total. The average molecular weight is 284 g/mol. The van der Waals surface area contributed by atoms with Crippen molar-refractivity contribution < 1.29 is 8.42 Å². The zero-order chi connectivity index (χ0) is 14.6. The molecule has 0 bridgehead atoms. The fourth-order valence-electron chi connectivity index (χ4n) is 2.01. The van der Waals surface area contributed by atoms with Crippen LogP contribution in [0.4, 0.5) is 0 Å². The molecule has 1 aromatic rings. The molecule has 0 aliphatic heterocycles. The smallest absolute Gasteiger partial charge is 0.241 e. The third kappa shape index (κ3) is 4.03. The van der Waals surface area contributed by atoms with Gasteiger partial charge in [0.25, 0.3) is 0 Å². The van der Waals surface area contributed by atoms with Gasteiger partial charge in [0.15, 0.2) is 0 Å². The fraction of sp³-hybridized carbons (Fsp3) is 0.571. The summed E-state index contributed by atoms with van der Waals surface area (Å²) in [6, 6.07) is 5.26. The summed E-state index contributed by atoms with van der Waals surface area (Å²) in [4.78, 5) is 0.328. The van der Waals surface area contributed by atoms with Gasteiger partial charge in [-0.1, -0.05) is 32.9 Å². The minimum absolute atomic E-state index is 0.0501. The maximum atomic E-state index is 12.4. The number of aryl methyl sites for hydroxylation is 1. The summed E-state index contributed by atoms with van der Waals surface area (Å²) in [6.45, 7) is 8.14. The van der Waals surface area contributed by atoms with Crippen LogP contribution in [-0.2, 0) is 16.6 Å². The van der Waals surface area contributed by atoms with E-state index in [1.54, 1.807) is 19.1 Å². The standard InChI is InChI=1S/C14H24N2O2S/c1-5-13(10(2)3)16-19(17,18)14-8-12(9-15)7-6-11(14)4/h6-8,10,13,16H,5,9,15H2,1-4H3. The van der Waals surface area contributed by atoms with Crippen molar-refractivity contribution in [1.29, 1.82) is 0 Å². The van der Waals surface area contributed by atoms with Crippen molar-refractivity contribution in [3.63, 3.8) is 0 Å². The van der Waals surface area contributed by atoms with Gasteiger partial charge in [-0.2, -0.15) is 0 Å². The molecule has 0 aromatic heterocycles. The molecule has 0 aliphatic carbocycles. The molecule has 0 amide bonds. The first-order chi connectivity index (χ1) is 8.81. The van der Waals surface area contributed by atoms with E-state index in [0.717, 1.165) is 17.5 Å².